The SMILES string of the molecule is COc1ccc(C(C)=O)cc1NC(=O)c1c(OC)cccc1OC. The smallest absolute Gasteiger partial charge is 0.263 e. The number of ether oxygens (including phenoxy) is 3. The molecule has 6 heteroatoms. The summed E-state index contributed by atoms with van der Waals surface area (Å²) in [6, 6.07) is 9.90. The first-order valence-electron chi connectivity index (χ1n) is 7.23. The fraction of sp³-hybridized carbons (Fsp3) is 0.222. The first-order chi connectivity index (χ1) is 11.5. The van der Waals surface area contributed by atoms with Crippen LogP contribution in [0.25, 0.3) is 0 Å². The van der Waals surface area contributed by atoms with Crippen molar-refractivity contribution in [3.63, 3.8) is 0 Å². The highest BCUT2D eigenvalue weighted by Crippen LogP contribution is 2.31. The average molecular weight is 329 g/mol. The summed E-state index contributed by atoms with van der Waals surface area (Å²) in [7, 11) is 4.44. The summed E-state index contributed by atoms with van der Waals surface area (Å²) in [5.74, 6) is 0.676. The van der Waals surface area contributed by atoms with E-state index in [9.17, 15) is 9.59 Å². The van der Waals surface area contributed by atoms with E-state index in [1.807, 2.05) is 0 Å². The van der Waals surface area contributed by atoms with Gasteiger partial charge in [0.1, 0.15) is 22.8 Å². The number of hydrogen-bond acceptors (Lipinski definition) is 5. The van der Waals surface area contributed by atoms with Crippen molar-refractivity contribution in [1.82, 2.24) is 0 Å². The van der Waals surface area contributed by atoms with Crippen LogP contribution in [0.5, 0.6) is 17.2 Å². The van der Waals surface area contributed by atoms with E-state index in [1.54, 1.807) is 36.4 Å². The van der Waals surface area contributed by atoms with Gasteiger partial charge >= 0.3 is 0 Å². The van der Waals surface area contributed by atoms with Gasteiger partial charge in [-0.15, -0.1) is 0 Å². The molecule has 2 aromatic rings. The number of benzene rings is 2. The molecule has 0 aliphatic carbocycles. The Morgan fingerprint density at radius 2 is 1.46 bits per heavy atom. The van der Waals surface area contributed by atoms with Crippen molar-refractivity contribution in [2.45, 2.75) is 6.92 Å². The first-order valence-corrected chi connectivity index (χ1v) is 7.23. The minimum Gasteiger partial charge on any atom is -0.496 e. The van der Waals surface area contributed by atoms with Crippen molar-refractivity contribution >= 4 is 17.4 Å². The Bertz CT molecular complexity index is 748. The lowest BCUT2D eigenvalue weighted by molar-refractivity contribution is 0.100. The number of methoxy groups -OCH3 is 3. The maximum Gasteiger partial charge on any atom is 0.263 e. The second-order valence-electron chi connectivity index (χ2n) is 4.96. The third kappa shape index (κ3) is 3.48. The number of rotatable bonds is 6. The lowest BCUT2D eigenvalue weighted by Gasteiger charge is -2.15. The monoisotopic (exact) mass is 329 g/mol. The van der Waals surface area contributed by atoms with Crippen molar-refractivity contribution < 1.29 is 23.8 Å². The van der Waals surface area contributed by atoms with Gasteiger partial charge in [-0.3, -0.25) is 9.59 Å². The number of Topliss-reactive ketones (excluding diaryl/α,β-unsaturated/α-hetero) is 1. The summed E-state index contributed by atoms with van der Waals surface area (Å²) in [4.78, 5) is 24.3. The molecule has 0 bridgehead atoms. The summed E-state index contributed by atoms with van der Waals surface area (Å²) in [6.07, 6.45) is 0. The molecule has 0 aromatic heterocycles. The molecule has 2 aromatic carbocycles. The van der Waals surface area contributed by atoms with Gasteiger partial charge in [0.15, 0.2) is 5.78 Å². The van der Waals surface area contributed by atoms with Crippen LogP contribution in [-0.4, -0.2) is 33.0 Å². The quantitative estimate of drug-likeness (QED) is 0.824. The molecular weight excluding hydrogens is 310 g/mol. The lowest BCUT2D eigenvalue weighted by atomic mass is 10.1. The summed E-state index contributed by atoms with van der Waals surface area (Å²) < 4.78 is 15.7. The molecule has 0 fully saturated rings. The molecule has 0 spiro atoms. The van der Waals surface area contributed by atoms with E-state index >= 15 is 0 Å². The zero-order valence-corrected chi connectivity index (χ0v) is 14.0. The van der Waals surface area contributed by atoms with E-state index < -0.39 is 5.91 Å². The molecule has 6 nitrogen and oxygen atoms in total. The van der Waals surface area contributed by atoms with Crippen molar-refractivity contribution in [3.8, 4) is 17.2 Å². The van der Waals surface area contributed by atoms with Crippen LogP contribution in [0.1, 0.15) is 27.6 Å². The van der Waals surface area contributed by atoms with E-state index in [0.29, 0.717) is 28.5 Å². The minimum atomic E-state index is -0.427. The molecular formula is C18H19NO5. The number of nitrogens with one attached hydrogen (secondary N) is 1. The highest BCUT2D eigenvalue weighted by Gasteiger charge is 2.20. The predicted octanol–water partition coefficient (Wildman–Crippen LogP) is 3.17. The predicted molar refractivity (Wildman–Crippen MR) is 90.5 cm³/mol. The van der Waals surface area contributed by atoms with E-state index in [2.05, 4.69) is 5.32 Å². The summed E-state index contributed by atoms with van der Waals surface area (Å²) >= 11 is 0. The molecule has 0 heterocycles. The summed E-state index contributed by atoms with van der Waals surface area (Å²) in [5, 5.41) is 2.75. The van der Waals surface area contributed by atoms with Gasteiger partial charge in [-0.2, -0.15) is 0 Å². The Kier molecular flexibility index (Phi) is 5.42. The number of amides is 1. The van der Waals surface area contributed by atoms with Crippen LogP contribution in [0, 0.1) is 0 Å². The maximum atomic E-state index is 12.7. The van der Waals surface area contributed by atoms with E-state index in [4.69, 9.17) is 14.2 Å². The maximum absolute atomic E-state index is 12.7. The second kappa shape index (κ2) is 7.50. The molecule has 0 aliphatic heterocycles. The Balaban J connectivity index is 2.43. The zero-order valence-electron chi connectivity index (χ0n) is 14.0. The van der Waals surface area contributed by atoms with Crippen molar-refractivity contribution in [1.29, 1.82) is 0 Å². The number of hydrogen-bond donors (Lipinski definition) is 1. The highest BCUT2D eigenvalue weighted by molar-refractivity contribution is 6.09. The summed E-state index contributed by atoms with van der Waals surface area (Å²) in [5.41, 5.74) is 1.12. The van der Waals surface area contributed by atoms with Gasteiger partial charge in [0.2, 0.25) is 0 Å². The molecule has 0 unspecified atom stereocenters. The first kappa shape index (κ1) is 17.3. The Morgan fingerprint density at radius 3 is 1.96 bits per heavy atom. The van der Waals surface area contributed by atoms with Crippen LogP contribution in [-0.2, 0) is 0 Å². The molecule has 0 saturated heterocycles. The number of carbonyl (C=O) groups excluding carboxylic acids is 2. The lowest BCUT2D eigenvalue weighted by Crippen LogP contribution is -2.15. The fourth-order valence-electron chi connectivity index (χ4n) is 2.28. The van der Waals surface area contributed by atoms with Crippen molar-refractivity contribution in [2.75, 3.05) is 26.6 Å². The van der Waals surface area contributed by atoms with Crippen LogP contribution >= 0.6 is 0 Å². The fourth-order valence-corrected chi connectivity index (χ4v) is 2.28. The van der Waals surface area contributed by atoms with Crippen molar-refractivity contribution in [3.05, 3.63) is 47.5 Å². The molecule has 126 valence electrons. The molecule has 0 aliphatic rings. The van der Waals surface area contributed by atoms with Gasteiger partial charge in [-0.1, -0.05) is 6.07 Å². The van der Waals surface area contributed by atoms with Crippen LogP contribution < -0.4 is 19.5 Å². The molecule has 24 heavy (non-hydrogen) atoms. The van der Waals surface area contributed by atoms with Gasteiger partial charge in [-0.25, -0.2) is 0 Å². The third-order valence-corrected chi connectivity index (χ3v) is 3.51. The highest BCUT2D eigenvalue weighted by atomic mass is 16.5. The molecule has 1 N–H and O–H groups in total. The van der Waals surface area contributed by atoms with E-state index in [0.717, 1.165) is 0 Å². The molecule has 1 amide bonds. The average Bonchev–Trinajstić information content (AvgIpc) is 2.60. The number of anilines is 1. The number of carbonyl (C=O) groups is 2. The van der Waals surface area contributed by atoms with Crippen LogP contribution in [0.2, 0.25) is 0 Å². The summed E-state index contributed by atoms with van der Waals surface area (Å²) in [6.45, 7) is 1.46. The van der Waals surface area contributed by atoms with E-state index in [-0.39, 0.29) is 11.3 Å². The molecule has 0 atom stereocenters. The van der Waals surface area contributed by atoms with Crippen LogP contribution in [0.3, 0.4) is 0 Å². The Hall–Kier alpha value is -3.02. The van der Waals surface area contributed by atoms with Gasteiger partial charge < -0.3 is 19.5 Å². The topological polar surface area (TPSA) is 73.9 Å². The van der Waals surface area contributed by atoms with Crippen LogP contribution in [0.15, 0.2) is 36.4 Å². The van der Waals surface area contributed by atoms with E-state index in [1.165, 1.54) is 28.3 Å². The zero-order chi connectivity index (χ0) is 17.7. The normalized spacial score (nSPS) is 10.0. The molecule has 2 rings (SSSR count). The number of ketones is 1. The van der Waals surface area contributed by atoms with Gasteiger partial charge in [-0.05, 0) is 37.3 Å². The molecule has 0 radical (unpaired) electrons. The molecule has 0 saturated carbocycles. The largest absolute Gasteiger partial charge is 0.496 e. The second-order valence-corrected chi connectivity index (χ2v) is 4.96. The Labute approximate surface area is 140 Å². The van der Waals surface area contributed by atoms with Crippen molar-refractivity contribution in [2.24, 2.45) is 0 Å². The van der Waals surface area contributed by atoms with Gasteiger partial charge in [0.05, 0.1) is 27.0 Å². The third-order valence-electron chi connectivity index (χ3n) is 3.51. The Morgan fingerprint density at radius 1 is 0.875 bits per heavy atom. The standard InChI is InChI=1S/C18H19NO5/c1-11(20)12-8-9-14(22-2)13(10-12)19-18(21)17-15(23-3)6-5-7-16(17)24-4/h5-10H,1-4H3,(H,19,21). The van der Waals surface area contributed by atoms with Gasteiger partial charge in [0.25, 0.3) is 5.91 Å². The van der Waals surface area contributed by atoms with Gasteiger partial charge in [0, 0.05) is 5.56 Å². The minimum absolute atomic E-state index is 0.108. The van der Waals surface area contributed by atoms with Crippen LogP contribution in [0.4, 0.5) is 5.69 Å².